The molecule has 0 spiro atoms. The first-order valence-electron chi connectivity index (χ1n) is 3.99. The number of hydrogen-bond donors (Lipinski definition) is 0. The third kappa shape index (κ3) is 2.48. The Bertz CT molecular complexity index is 401. The molecule has 15 heavy (non-hydrogen) atoms. The molecule has 0 aliphatic carbocycles. The van der Waals surface area contributed by atoms with Crippen molar-refractivity contribution in [1.29, 1.82) is 5.26 Å². The second-order valence-electron chi connectivity index (χ2n) is 2.73. The van der Waals surface area contributed by atoms with E-state index in [0.717, 1.165) is 6.20 Å². The zero-order valence-corrected chi connectivity index (χ0v) is 9.06. The van der Waals surface area contributed by atoms with Crippen LogP contribution in [0.15, 0.2) is 6.20 Å². The van der Waals surface area contributed by atoms with Crippen LogP contribution in [-0.4, -0.2) is 4.98 Å². The van der Waals surface area contributed by atoms with E-state index in [1.54, 1.807) is 6.07 Å². The average Bonchev–Trinajstić information content (AvgIpc) is 2.18. The first kappa shape index (κ1) is 12.0. The smallest absolute Gasteiger partial charge is 0.259 e. The van der Waals surface area contributed by atoms with E-state index in [9.17, 15) is 13.2 Å². The predicted octanol–water partition coefficient (Wildman–Crippen LogP) is 3.12. The maximum atomic E-state index is 13.4. The highest BCUT2D eigenvalue weighted by molar-refractivity contribution is 9.08. The molecule has 0 bridgehead atoms. The van der Waals surface area contributed by atoms with E-state index in [1.165, 1.54) is 0 Å². The van der Waals surface area contributed by atoms with Crippen LogP contribution in [0.25, 0.3) is 0 Å². The minimum atomic E-state index is -2.96. The molecular formula is C9H6BrF3N2. The number of alkyl halides is 3. The third-order valence-electron chi connectivity index (χ3n) is 1.81. The lowest BCUT2D eigenvalue weighted by Crippen LogP contribution is -2.04. The number of aromatic nitrogens is 1. The van der Waals surface area contributed by atoms with E-state index in [1.807, 2.05) is 0 Å². The van der Waals surface area contributed by atoms with Crippen molar-refractivity contribution in [3.05, 3.63) is 28.8 Å². The third-order valence-corrected chi connectivity index (χ3v) is 2.42. The van der Waals surface area contributed by atoms with Crippen molar-refractivity contribution >= 4 is 15.9 Å². The van der Waals surface area contributed by atoms with Gasteiger partial charge in [-0.1, -0.05) is 15.9 Å². The molecule has 1 heterocycles. The predicted molar refractivity (Wildman–Crippen MR) is 51.1 cm³/mol. The van der Waals surface area contributed by atoms with Gasteiger partial charge in [-0.3, -0.25) is 4.98 Å². The lowest BCUT2D eigenvalue weighted by Gasteiger charge is -2.08. The Hall–Kier alpha value is -1.09. The number of halogens is 4. The van der Waals surface area contributed by atoms with Gasteiger partial charge < -0.3 is 0 Å². The van der Waals surface area contributed by atoms with E-state index >= 15 is 0 Å². The summed E-state index contributed by atoms with van der Waals surface area (Å²) < 4.78 is 38.5. The first-order valence-corrected chi connectivity index (χ1v) is 5.11. The molecule has 0 saturated heterocycles. The Kier molecular flexibility index (Phi) is 4.09. The first-order chi connectivity index (χ1) is 7.11. The van der Waals surface area contributed by atoms with Crippen LogP contribution in [0.1, 0.15) is 23.2 Å². The molecule has 0 N–H and O–H groups in total. The lowest BCUT2D eigenvalue weighted by atomic mass is 10.1. The van der Waals surface area contributed by atoms with Gasteiger partial charge in [0.1, 0.15) is 5.82 Å². The molecule has 0 aromatic carbocycles. The number of nitrogens with zero attached hydrogens (tertiary/aromatic N) is 2. The van der Waals surface area contributed by atoms with Crippen molar-refractivity contribution in [1.82, 2.24) is 4.98 Å². The SMILES string of the molecule is N#CCc1ncc(CBr)c(F)c1C(F)F. The van der Waals surface area contributed by atoms with Gasteiger partial charge in [0.25, 0.3) is 6.43 Å². The van der Waals surface area contributed by atoms with Crippen molar-refractivity contribution in [3.8, 4) is 6.07 Å². The molecule has 80 valence electrons. The van der Waals surface area contributed by atoms with Crippen molar-refractivity contribution in [2.24, 2.45) is 0 Å². The van der Waals surface area contributed by atoms with Crippen LogP contribution in [-0.2, 0) is 11.8 Å². The van der Waals surface area contributed by atoms with Gasteiger partial charge in [-0.2, -0.15) is 5.26 Å². The fourth-order valence-electron chi connectivity index (χ4n) is 1.11. The zero-order chi connectivity index (χ0) is 11.4. The number of rotatable bonds is 3. The van der Waals surface area contributed by atoms with Gasteiger partial charge in [-0.25, -0.2) is 13.2 Å². The normalized spacial score (nSPS) is 10.4. The maximum absolute atomic E-state index is 13.4. The second kappa shape index (κ2) is 5.12. The summed E-state index contributed by atoms with van der Waals surface area (Å²) in [5.41, 5.74) is -0.907. The van der Waals surface area contributed by atoms with E-state index in [0.29, 0.717) is 0 Å². The Labute approximate surface area is 92.9 Å². The average molecular weight is 279 g/mol. The summed E-state index contributed by atoms with van der Waals surface area (Å²) in [7, 11) is 0. The molecule has 1 rings (SSSR count). The van der Waals surface area contributed by atoms with Crippen LogP contribution in [0.3, 0.4) is 0 Å². The molecule has 0 saturated carbocycles. The summed E-state index contributed by atoms with van der Waals surface area (Å²) in [4.78, 5) is 3.65. The monoisotopic (exact) mass is 278 g/mol. The summed E-state index contributed by atoms with van der Waals surface area (Å²) in [6, 6.07) is 1.67. The number of nitriles is 1. The van der Waals surface area contributed by atoms with Crippen molar-refractivity contribution < 1.29 is 13.2 Å². The van der Waals surface area contributed by atoms with Crippen LogP contribution in [0.4, 0.5) is 13.2 Å². The largest absolute Gasteiger partial charge is 0.268 e. The molecule has 2 nitrogen and oxygen atoms in total. The Morgan fingerprint density at radius 3 is 2.67 bits per heavy atom. The van der Waals surface area contributed by atoms with Crippen molar-refractivity contribution in [2.45, 2.75) is 18.2 Å². The molecule has 0 atom stereocenters. The Balaban J connectivity index is 3.32. The number of hydrogen-bond acceptors (Lipinski definition) is 2. The van der Waals surface area contributed by atoms with E-state index in [2.05, 4.69) is 20.9 Å². The molecule has 1 aromatic rings. The molecular weight excluding hydrogens is 273 g/mol. The fraction of sp³-hybridized carbons (Fsp3) is 0.333. The maximum Gasteiger partial charge on any atom is 0.268 e. The van der Waals surface area contributed by atoms with Crippen LogP contribution in [0.2, 0.25) is 0 Å². The van der Waals surface area contributed by atoms with Crippen LogP contribution >= 0.6 is 15.9 Å². The minimum absolute atomic E-state index is 0.0620. The van der Waals surface area contributed by atoms with Gasteiger partial charge >= 0.3 is 0 Å². The van der Waals surface area contributed by atoms with E-state index in [4.69, 9.17) is 5.26 Å². The van der Waals surface area contributed by atoms with E-state index < -0.39 is 17.8 Å². The molecule has 0 aliphatic heterocycles. The summed E-state index contributed by atoms with van der Waals surface area (Å²) in [5.74, 6) is -0.984. The molecule has 0 unspecified atom stereocenters. The summed E-state index contributed by atoms with van der Waals surface area (Å²) >= 11 is 2.97. The van der Waals surface area contributed by atoms with E-state index in [-0.39, 0.29) is 23.0 Å². The minimum Gasteiger partial charge on any atom is -0.259 e. The van der Waals surface area contributed by atoms with Crippen LogP contribution < -0.4 is 0 Å². The highest BCUT2D eigenvalue weighted by atomic mass is 79.9. The molecule has 0 amide bonds. The number of pyridine rings is 1. The van der Waals surface area contributed by atoms with Crippen LogP contribution in [0, 0.1) is 17.1 Å². The van der Waals surface area contributed by atoms with Gasteiger partial charge in [0.05, 0.1) is 23.7 Å². The lowest BCUT2D eigenvalue weighted by molar-refractivity contribution is 0.144. The standard InChI is InChI=1S/C9H6BrF3N2/c10-3-5-4-15-6(1-2-14)7(8(5)11)9(12)13/h4,9H,1,3H2. The zero-order valence-electron chi connectivity index (χ0n) is 7.48. The highest BCUT2D eigenvalue weighted by Gasteiger charge is 2.21. The van der Waals surface area contributed by atoms with Gasteiger partial charge in [-0.05, 0) is 0 Å². The second-order valence-corrected chi connectivity index (χ2v) is 3.29. The van der Waals surface area contributed by atoms with Gasteiger partial charge in [0, 0.05) is 17.1 Å². The molecule has 6 heteroatoms. The molecule has 0 radical (unpaired) electrons. The molecule has 0 fully saturated rings. The highest BCUT2D eigenvalue weighted by Crippen LogP contribution is 2.27. The van der Waals surface area contributed by atoms with Gasteiger partial charge in [-0.15, -0.1) is 0 Å². The summed E-state index contributed by atoms with van der Waals surface area (Å²) in [6.45, 7) is 0. The van der Waals surface area contributed by atoms with Crippen molar-refractivity contribution in [2.75, 3.05) is 0 Å². The van der Waals surface area contributed by atoms with Crippen LogP contribution in [0.5, 0.6) is 0 Å². The summed E-state index contributed by atoms with van der Waals surface area (Å²) in [5, 5.41) is 8.49. The molecule has 0 aliphatic rings. The quantitative estimate of drug-likeness (QED) is 0.797. The van der Waals surface area contributed by atoms with Gasteiger partial charge in [0.2, 0.25) is 0 Å². The van der Waals surface area contributed by atoms with Gasteiger partial charge in [0.15, 0.2) is 0 Å². The summed E-state index contributed by atoms with van der Waals surface area (Å²) in [6.07, 6.45) is -2.12. The Morgan fingerprint density at radius 1 is 1.53 bits per heavy atom. The van der Waals surface area contributed by atoms with Crippen molar-refractivity contribution in [3.63, 3.8) is 0 Å². The molecule has 1 aromatic heterocycles. The topological polar surface area (TPSA) is 36.7 Å². The Morgan fingerprint density at radius 2 is 2.20 bits per heavy atom. The fourth-order valence-corrected chi connectivity index (χ4v) is 1.50.